The molecule has 9 heteroatoms. The molecule has 0 radical (unpaired) electrons. The van der Waals surface area contributed by atoms with E-state index in [4.69, 9.17) is 15.8 Å². The highest BCUT2D eigenvalue weighted by atomic mass is 16.2. The molecule has 0 unspecified atom stereocenters. The molecule has 0 bridgehead atoms. The minimum atomic E-state index is -0.913. The van der Waals surface area contributed by atoms with Gasteiger partial charge in [0.15, 0.2) is 0 Å². The van der Waals surface area contributed by atoms with Gasteiger partial charge in [-0.15, -0.1) is 0 Å². The van der Waals surface area contributed by atoms with Crippen molar-refractivity contribution in [2.45, 2.75) is 0 Å². The molecule has 0 amide bonds. The average molecular weight is 432 g/mol. The normalized spacial score (nSPS) is 10.1. The molecule has 9 nitrogen and oxygen atoms in total. The fourth-order valence-corrected chi connectivity index (χ4v) is 3.26. The van der Waals surface area contributed by atoms with Gasteiger partial charge in [-0.1, -0.05) is 0 Å². The zero-order valence-electron chi connectivity index (χ0n) is 16.8. The Labute approximate surface area is 186 Å². The quantitative estimate of drug-likeness (QED) is 0.484. The predicted octanol–water partition coefficient (Wildman–Crippen LogP) is 1.75. The van der Waals surface area contributed by atoms with Crippen LogP contribution in [-0.4, -0.2) is 13.7 Å². The van der Waals surface area contributed by atoms with Crippen LogP contribution in [0.1, 0.15) is 16.7 Å². The van der Waals surface area contributed by atoms with Gasteiger partial charge in [-0.05, 0) is 72.8 Å². The summed E-state index contributed by atoms with van der Waals surface area (Å²) in [5.41, 5.74) is -1.26. The molecule has 0 atom stereocenters. The van der Waals surface area contributed by atoms with Gasteiger partial charge in [0, 0.05) is 0 Å². The lowest BCUT2D eigenvalue weighted by molar-refractivity contribution is 0.659. The highest BCUT2D eigenvalue weighted by Gasteiger charge is 2.19. The molecule has 4 rings (SSSR count). The molecule has 0 aliphatic carbocycles. The van der Waals surface area contributed by atoms with Crippen LogP contribution in [0, 0.1) is 34.0 Å². The van der Waals surface area contributed by atoms with Crippen molar-refractivity contribution in [1.82, 2.24) is 13.7 Å². The van der Waals surface area contributed by atoms with Gasteiger partial charge < -0.3 is 0 Å². The monoisotopic (exact) mass is 432 g/mol. The van der Waals surface area contributed by atoms with Gasteiger partial charge in [0.1, 0.15) is 0 Å². The van der Waals surface area contributed by atoms with Crippen LogP contribution in [0.3, 0.4) is 0 Å². The Hall–Kier alpha value is -5.46. The molecule has 1 heterocycles. The Morgan fingerprint density at radius 1 is 0.424 bits per heavy atom. The van der Waals surface area contributed by atoms with Crippen LogP contribution in [0.2, 0.25) is 0 Å². The molecule has 0 N–H and O–H groups in total. The third-order valence-electron chi connectivity index (χ3n) is 4.91. The van der Waals surface area contributed by atoms with Gasteiger partial charge in [-0.3, -0.25) is 0 Å². The number of benzene rings is 3. The summed E-state index contributed by atoms with van der Waals surface area (Å²) in [5.74, 6) is 0. The van der Waals surface area contributed by atoms with Crippen LogP contribution in [0.5, 0.6) is 0 Å². The van der Waals surface area contributed by atoms with Crippen molar-refractivity contribution in [3.63, 3.8) is 0 Å². The first-order chi connectivity index (χ1) is 16.0. The summed E-state index contributed by atoms with van der Waals surface area (Å²) in [6, 6.07) is 23.1. The maximum Gasteiger partial charge on any atom is 0.345 e. The Kier molecular flexibility index (Phi) is 5.26. The molecule has 0 aliphatic heterocycles. The van der Waals surface area contributed by atoms with E-state index in [0.717, 1.165) is 13.7 Å². The number of nitriles is 3. The number of aromatic nitrogens is 3. The summed E-state index contributed by atoms with van der Waals surface area (Å²) in [6.07, 6.45) is 0. The number of hydrogen-bond acceptors (Lipinski definition) is 6. The molecule has 1 aromatic heterocycles. The second-order valence-electron chi connectivity index (χ2n) is 6.83. The highest BCUT2D eigenvalue weighted by Crippen LogP contribution is 2.10. The van der Waals surface area contributed by atoms with Crippen LogP contribution >= 0.6 is 0 Å². The number of nitrogens with zero attached hydrogens (tertiary/aromatic N) is 6. The van der Waals surface area contributed by atoms with Crippen molar-refractivity contribution in [1.29, 1.82) is 15.8 Å². The molecule has 4 aromatic rings. The van der Waals surface area contributed by atoms with Gasteiger partial charge in [-0.25, -0.2) is 28.1 Å². The van der Waals surface area contributed by atoms with Crippen molar-refractivity contribution in [3.05, 3.63) is 121 Å². The summed E-state index contributed by atoms with van der Waals surface area (Å²) in [6.45, 7) is 0. The summed E-state index contributed by atoms with van der Waals surface area (Å²) < 4.78 is 2.46. The third kappa shape index (κ3) is 3.61. The van der Waals surface area contributed by atoms with Gasteiger partial charge in [0.25, 0.3) is 0 Å². The summed E-state index contributed by atoms with van der Waals surface area (Å²) in [4.78, 5) is 40.0. The van der Waals surface area contributed by atoms with Crippen molar-refractivity contribution in [2.24, 2.45) is 0 Å². The fourth-order valence-electron chi connectivity index (χ4n) is 3.26. The molecular weight excluding hydrogens is 420 g/mol. The Bertz CT molecular complexity index is 1440. The fraction of sp³-hybridized carbons (Fsp3) is 0. The summed E-state index contributed by atoms with van der Waals surface area (Å²) in [5, 5.41) is 27.1. The lowest BCUT2D eigenvalue weighted by atomic mass is 10.2. The smallest absolute Gasteiger partial charge is 0.246 e. The van der Waals surface area contributed by atoms with E-state index in [1.54, 1.807) is 0 Å². The lowest BCUT2D eigenvalue weighted by Crippen LogP contribution is -2.52. The second-order valence-corrected chi connectivity index (χ2v) is 6.83. The van der Waals surface area contributed by atoms with E-state index in [1.165, 1.54) is 72.8 Å². The molecule has 0 fully saturated rings. The van der Waals surface area contributed by atoms with E-state index < -0.39 is 17.1 Å². The SMILES string of the molecule is N#Cc1ccc(-n2c(=O)n(-c3ccc(C#N)cc3)c(=O)n(-c3ccc(C#N)cc3)c2=O)cc1. The Balaban J connectivity index is 2.10. The molecule has 0 saturated heterocycles. The minimum absolute atomic E-state index is 0.161. The number of rotatable bonds is 3. The highest BCUT2D eigenvalue weighted by molar-refractivity contribution is 5.43. The topological polar surface area (TPSA) is 137 Å². The first-order valence-electron chi connectivity index (χ1n) is 9.51. The van der Waals surface area contributed by atoms with Crippen molar-refractivity contribution >= 4 is 0 Å². The molecule has 0 saturated carbocycles. The maximum atomic E-state index is 13.3. The van der Waals surface area contributed by atoms with Crippen LogP contribution in [0.4, 0.5) is 0 Å². The van der Waals surface area contributed by atoms with Gasteiger partial charge in [0.2, 0.25) is 0 Å². The summed E-state index contributed by atoms with van der Waals surface area (Å²) >= 11 is 0. The molecule has 0 spiro atoms. The van der Waals surface area contributed by atoms with E-state index >= 15 is 0 Å². The maximum absolute atomic E-state index is 13.3. The average Bonchev–Trinajstić information content (AvgIpc) is 2.85. The van der Waals surface area contributed by atoms with Crippen LogP contribution in [0.25, 0.3) is 17.1 Å². The first kappa shape index (κ1) is 20.8. The van der Waals surface area contributed by atoms with Crippen LogP contribution < -0.4 is 17.1 Å². The third-order valence-corrected chi connectivity index (χ3v) is 4.91. The lowest BCUT2D eigenvalue weighted by Gasteiger charge is -2.14. The molecule has 33 heavy (non-hydrogen) atoms. The Morgan fingerprint density at radius 3 is 0.818 bits per heavy atom. The van der Waals surface area contributed by atoms with E-state index in [2.05, 4.69) is 0 Å². The first-order valence-corrected chi connectivity index (χ1v) is 9.51. The van der Waals surface area contributed by atoms with Crippen molar-refractivity contribution in [2.75, 3.05) is 0 Å². The Morgan fingerprint density at radius 2 is 0.636 bits per heavy atom. The minimum Gasteiger partial charge on any atom is -0.246 e. The van der Waals surface area contributed by atoms with Crippen LogP contribution in [0.15, 0.2) is 87.2 Å². The van der Waals surface area contributed by atoms with Crippen molar-refractivity contribution in [3.8, 4) is 35.3 Å². The predicted molar refractivity (Wildman–Crippen MR) is 117 cm³/mol. The second kappa shape index (κ2) is 8.35. The van der Waals surface area contributed by atoms with Crippen molar-refractivity contribution < 1.29 is 0 Å². The molecule has 0 aliphatic rings. The van der Waals surface area contributed by atoms with Gasteiger partial charge in [0.05, 0.1) is 52.0 Å². The number of hydrogen-bond donors (Lipinski definition) is 0. The standard InChI is InChI=1S/C24H12N6O3/c25-13-16-1-7-19(8-2-16)28-22(31)29(20-9-3-17(14-26)4-10-20)24(33)30(23(28)32)21-11-5-18(15-27)6-12-21/h1-12H. The summed E-state index contributed by atoms with van der Waals surface area (Å²) in [7, 11) is 0. The zero-order valence-corrected chi connectivity index (χ0v) is 16.8. The zero-order chi connectivity index (χ0) is 23.5. The van der Waals surface area contributed by atoms with E-state index in [-0.39, 0.29) is 17.1 Å². The van der Waals surface area contributed by atoms with E-state index in [9.17, 15) is 14.4 Å². The molecule has 3 aromatic carbocycles. The molecular formula is C24H12N6O3. The van der Waals surface area contributed by atoms with E-state index in [1.807, 2.05) is 18.2 Å². The van der Waals surface area contributed by atoms with Gasteiger partial charge in [-0.2, -0.15) is 15.8 Å². The van der Waals surface area contributed by atoms with Crippen LogP contribution in [-0.2, 0) is 0 Å². The molecule has 156 valence electrons. The van der Waals surface area contributed by atoms with Gasteiger partial charge >= 0.3 is 17.1 Å². The largest absolute Gasteiger partial charge is 0.345 e. The van der Waals surface area contributed by atoms with E-state index in [0.29, 0.717) is 16.7 Å².